The number of carbonyl (C=O) groups is 1. The van der Waals surface area contributed by atoms with E-state index in [-0.39, 0.29) is 6.09 Å². The molecule has 8 nitrogen and oxygen atoms in total. The normalized spacial score (nSPS) is 22.0. The smallest absolute Gasteiger partial charge is 0.415 e. The second-order valence-electron chi connectivity index (χ2n) is 9.91. The van der Waals surface area contributed by atoms with E-state index in [4.69, 9.17) is 14.2 Å². The second-order valence-corrected chi connectivity index (χ2v) is 9.91. The summed E-state index contributed by atoms with van der Waals surface area (Å²) in [5.41, 5.74) is 1.47. The van der Waals surface area contributed by atoms with Gasteiger partial charge in [-0.25, -0.2) is 9.78 Å². The van der Waals surface area contributed by atoms with E-state index in [0.29, 0.717) is 18.5 Å². The van der Waals surface area contributed by atoms with Crippen molar-refractivity contribution in [2.45, 2.75) is 50.7 Å². The molecule has 3 aliphatic rings. The highest BCUT2D eigenvalue weighted by atomic mass is 16.6. The maximum atomic E-state index is 12.6. The minimum absolute atomic E-state index is 0.300. The third-order valence-corrected chi connectivity index (χ3v) is 7.64. The zero-order valence-corrected chi connectivity index (χ0v) is 20.8. The molecule has 1 atom stereocenters. The molecule has 1 amide bonds. The number of piperidine rings is 1. The molecular formula is C27H36N4O4. The molecule has 0 bridgehead atoms. The Kier molecular flexibility index (Phi) is 7.00. The van der Waals surface area contributed by atoms with Crippen LogP contribution in [-0.2, 0) is 4.74 Å². The number of hydrogen-bond acceptors (Lipinski definition) is 7. The van der Waals surface area contributed by atoms with Crippen LogP contribution >= 0.6 is 0 Å². The largest absolute Gasteiger partial charge is 0.494 e. The van der Waals surface area contributed by atoms with Crippen molar-refractivity contribution < 1.29 is 19.0 Å². The van der Waals surface area contributed by atoms with Crippen molar-refractivity contribution in [3.63, 3.8) is 0 Å². The minimum Gasteiger partial charge on any atom is -0.494 e. The molecule has 2 aromatic rings. The summed E-state index contributed by atoms with van der Waals surface area (Å²) >= 11 is 0. The molecule has 5 rings (SSSR count). The fourth-order valence-corrected chi connectivity index (χ4v) is 5.44. The average Bonchev–Trinajstić information content (AvgIpc) is 3.45. The van der Waals surface area contributed by atoms with Crippen LogP contribution in [0.25, 0.3) is 0 Å². The molecule has 3 aliphatic heterocycles. The molecule has 1 aromatic heterocycles. The number of benzene rings is 1. The number of carbonyl (C=O) groups excluding carboxylic acids is 1. The molecule has 0 unspecified atom stereocenters. The Morgan fingerprint density at radius 2 is 1.86 bits per heavy atom. The lowest BCUT2D eigenvalue weighted by Gasteiger charge is -2.38. The molecule has 35 heavy (non-hydrogen) atoms. The highest BCUT2D eigenvalue weighted by Gasteiger charge is 2.47. The lowest BCUT2D eigenvalue weighted by atomic mass is 9.91. The first kappa shape index (κ1) is 23.7. The summed E-state index contributed by atoms with van der Waals surface area (Å²) in [6.45, 7) is 7.65. The summed E-state index contributed by atoms with van der Waals surface area (Å²) in [5.74, 6) is 1.45. The standard InChI is InChI=1S/C27H36N4O4/c1-21-5-3-14-29(21)15-4-18-34-24-9-6-22(7-10-24)30-16-12-27(13-17-30)20-31(26(32)35-27)23-8-11-25(33-2)28-19-23/h6-11,19,21H,3-5,12-18,20H2,1-2H3/t21-/m1/s1. The van der Waals surface area contributed by atoms with Crippen LogP contribution in [0.3, 0.4) is 0 Å². The fraction of sp³-hybridized carbons (Fsp3) is 0.556. The molecule has 3 saturated heterocycles. The van der Waals surface area contributed by atoms with E-state index in [9.17, 15) is 4.79 Å². The van der Waals surface area contributed by atoms with Crippen LogP contribution in [0.2, 0.25) is 0 Å². The number of amides is 1. The SMILES string of the molecule is COc1ccc(N2CC3(CCN(c4ccc(OCCCN5CCC[C@H]5C)cc4)CC3)OC2=O)cn1. The average molecular weight is 481 g/mol. The van der Waals surface area contributed by atoms with Gasteiger partial charge in [-0.2, -0.15) is 0 Å². The molecule has 4 heterocycles. The van der Waals surface area contributed by atoms with Crippen LogP contribution in [-0.4, -0.2) is 74.1 Å². The van der Waals surface area contributed by atoms with Crippen molar-refractivity contribution in [1.29, 1.82) is 0 Å². The Balaban J connectivity index is 1.09. The first-order valence-corrected chi connectivity index (χ1v) is 12.8. The van der Waals surface area contributed by atoms with E-state index < -0.39 is 5.60 Å². The number of ether oxygens (including phenoxy) is 3. The summed E-state index contributed by atoms with van der Waals surface area (Å²) in [4.78, 5) is 23.4. The lowest BCUT2D eigenvalue weighted by Crippen LogP contribution is -2.47. The van der Waals surface area contributed by atoms with Crippen molar-refractivity contribution in [3.8, 4) is 11.6 Å². The van der Waals surface area contributed by atoms with Crippen LogP contribution in [0.5, 0.6) is 11.6 Å². The van der Waals surface area contributed by atoms with Crippen molar-refractivity contribution in [1.82, 2.24) is 9.88 Å². The van der Waals surface area contributed by atoms with Gasteiger partial charge in [0.25, 0.3) is 0 Å². The molecule has 188 valence electrons. The summed E-state index contributed by atoms with van der Waals surface area (Å²) in [5, 5.41) is 0. The maximum absolute atomic E-state index is 12.6. The Labute approximate surface area is 207 Å². The van der Waals surface area contributed by atoms with Crippen molar-refractivity contribution in [2.24, 2.45) is 0 Å². The molecule has 0 N–H and O–H groups in total. The predicted octanol–water partition coefficient (Wildman–Crippen LogP) is 4.34. The van der Waals surface area contributed by atoms with Gasteiger partial charge in [-0.3, -0.25) is 4.90 Å². The number of anilines is 2. The summed E-state index contributed by atoms with van der Waals surface area (Å²) in [7, 11) is 1.58. The molecule has 0 radical (unpaired) electrons. The van der Waals surface area contributed by atoms with Gasteiger partial charge in [0.1, 0.15) is 11.4 Å². The van der Waals surface area contributed by atoms with Gasteiger partial charge in [-0.1, -0.05) is 0 Å². The van der Waals surface area contributed by atoms with Gasteiger partial charge in [0.2, 0.25) is 5.88 Å². The highest BCUT2D eigenvalue weighted by molar-refractivity contribution is 5.90. The van der Waals surface area contributed by atoms with Gasteiger partial charge in [-0.05, 0) is 63.1 Å². The van der Waals surface area contributed by atoms with Crippen molar-refractivity contribution in [3.05, 3.63) is 42.6 Å². The number of hydrogen-bond donors (Lipinski definition) is 0. The van der Waals surface area contributed by atoms with E-state index in [1.807, 2.05) is 6.07 Å². The molecule has 0 aliphatic carbocycles. The first-order valence-electron chi connectivity index (χ1n) is 12.8. The van der Waals surface area contributed by atoms with Gasteiger partial charge in [-0.15, -0.1) is 0 Å². The van der Waals surface area contributed by atoms with Gasteiger partial charge in [0, 0.05) is 50.3 Å². The third kappa shape index (κ3) is 5.32. The van der Waals surface area contributed by atoms with Crippen molar-refractivity contribution in [2.75, 3.05) is 56.2 Å². The number of nitrogens with zero attached hydrogens (tertiary/aromatic N) is 4. The molecule has 0 saturated carbocycles. The Morgan fingerprint density at radius 1 is 1.09 bits per heavy atom. The zero-order chi connectivity index (χ0) is 24.3. The molecule has 1 spiro atoms. The van der Waals surface area contributed by atoms with Gasteiger partial charge >= 0.3 is 6.09 Å². The first-order chi connectivity index (χ1) is 17.0. The quantitative estimate of drug-likeness (QED) is 0.521. The monoisotopic (exact) mass is 480 g/mol. The van der Waals surface area contributed by atoms with Crippen LogP contribution in [0, 0.1) is 0 Å². The van der Waals surface area contributed by atoms with Gasteiger partial charge < -0.3 is 24.0 Å². The number of pyridine rings is 1. The third-order valence-electron chi connectivity index (χ3n) is 7.64. The number of likely N-dealkylation sites (tertiary alicyclic amines) is 1. The van der Waals surface area contributed by atoms with E-state index in [1.54, 1.807) is 24.3 Å². The summed E-state index contributed by atoms with van der Waals surface area (Å²) < 4.78 is 17.0. The van der Waals surface area contributed by atoms with Crippen LogP contribution in [0.15, 0.2) is 42.6 Å². The molecular weight excluding hydrogens is 444 g/mol. The summed E-state index contributed by atoms with van der Waals surface area (Å²) in [6.07, 6.45) is 6.65. The highest BCUT2D eigenvalue weighted by Crippen LogP contribution is 2.37. The van der Waals surface area contributed by atoms with E-state index >= 15 is 0 Å². The Morgan fingerprint density at radius 3 is 2.51 bits per heavy atom. The summed E-state index contributed by atoms with van der Waals surface area (Å²) in [6, 6.07) is 12.7. The van der Waals surface area contributed by atoms with Crippen LogP contribution in [0.1, 0.15) is 39.0 Å². The topological polar surface area (TPSA) is 67.4 Å². The number of aromatic nitrogens is 1. The van der Waals surface area contributed by atoms with Crippen molar-refractivity contribution >= 4 is 17.5 Å². The van der Waals surface area contributed by atoms with E-state index in [1.165, 1.54) is 25.1 Å². The molecule has 1 aromatic carbocycles. The molecule has 8 heteroatoms. The van der Waals surface area contributed by atoms with Crippen LogP contribution in [0.4, 0.5) is 16.2 Å². The Hall–Kier alpha value is -3.00. The number of rotatable bonds is 8. The Bertz CT molecular complexity index is 989. The molecule has 3 fully saturated rings. The van der Waals surface area contributed by atoms with Gasteiger partial charge in [0.15, 0.2) is 0 Å². The zero-order valence-electron chi connectivity index (χ0n) is 20.8. The van der Waals surface area contributed by atoms with E-state index in [0.717, 1.165) is 56.9 Å². The van der Waals surface area contributed by atoms with Crippen LogP contribution < -0.4 is 19.3 Å². The minimum atomic E-state index is -0.441. The number of methoxy groups -OCH3 is 1. The van der Waals surface area contributed by atoms with E-state index in [2.05, 4.69) is 46.0 Å². The second kappa shape index (κ2) is 10.3. The fourth-order valence-electron chi connectivity index (χ4n) is 5.44. The lowest BCUT2D eigenvalue weighted by molar-refractivity contribution is 0.0367. The predicted molar refractivity (Wildman–Crippen MR) is 136 cm³/mol. The maximum Gasteiger partial charge on any atom is 0.415 e. The van der Waals surface area contributed by atoms with Gasteiger partial charge in [0.05, 0.1) is 32.1 Å².